The average Bonchev–Trinajstić information content (AvgIpc) is 3.27. The lowest BCUT2D eigenvalue weighted by Gasteiger charge is -2.24. The van der Waals surface area contributed by atoms with E-state index in [0.717, 1.165) is 11.1 Å². The Bertz CT molecular complexity index is 1770. The summed E-state index contributed by atoms with van der Waals surface area (Å²) in [5.41, 5.74) is 2.53. The smallest absolute Gasteiger partial charge is 0.343 e. The largest absolute Gasteiger partial charge is 0.497 e. The molecule has 4 aromatic rings. The van der Waals surface area contributed by atoms with Gasteiger partial charge in [0.25, 0.3) is 5.56 Å². The molecule has 9 heteroatoms. The maximum Gasteiger partial charge on any atom is 0.343 e. The van der Waals surface area contributed by atoms with Gasteiger partial charge in [-0.25, -0.2) is 14.6 Å². The van der Waals surface area contributed by atoms with Crippen molar-refractivity contribution in [1.29, 1.82) is 0 Å². The standard InChI is InChI=1S/C31H26N2O6S/c1-4-38-30(36)26-19(2)32-31-33(27(26)21-8-6-5-7-9-21)28(34)25(40-31)18-20-10-14-24(15-11-20)39-29(35)22-12-16-23(37-3)17-13-22/h5-18,27H,4H2,1-3H3/b25-18-/t27-/m0/s1. The van der Waals surface area contributed by atoms with Crippen molar-refractivity contribution in [2.24, 2.45) is 4.99 Å². The van der Waals surface area contributed by atoms with E-state index in [1.165, 1.54) is 11.3 Å². The first kappa shape index (κ1) is 26.8. The Morgan fingerprint density at radius 2 is 1.62 bits per heavy atom. The summed E-state index contributed by atoms with van der Waals surface area (Å²) in [5, 5.41) is 0. The van der Waals surface area contributed by atoms with Crippen LogP contribution in [0, 0.1) is 0 Å². The summed E-state index contributed by atoms with van der Waals surface area (Å²) in [6.07, 6.45) is 1.75. The number of carbonyl (C=O) groups excluding carboxylic acids is 2. The number of thiazole rings is 1. The first-order valence-corrected chi connectivity index (χ1v) is 13.4. The summed E-state index contributed by atoms with van der Waals surface area (Å²) in [7, 11) is 1.56. The molecule has 0 unspecified atom stereocenters. The van der Waals surface area contributed by atoms with Gasteiger partial charge in [-0.3, -0.25) is 9.36 Å². The van der Waals surface area contributed by atoms with Crippen LogP contribution >= 0.6 is 11.3 Å². The van der Waals surface area contributed by atoms with Gasteiger partial charge in [0.05, 0.1) is 41.1 Å². The van der Waals surface area contributed by atoms with Crippen molar-refractivity contribution in [3.8, 4) is 11.5 Å². The van der Waals surface area contributed by atoms with Gasteiger partial charge in [0.2, 0.25) is 0 Å². The van der Waals surface area contributed by atoms with Gasteiger partial charge in [-0.05, 0) is 67.4 Å². The number of rotatable bonds is 7. The third-order valence-electron chi connectivity index (χ3n) is 6.35. The molecule has 2 heterocycles. The molecule has 1 aliphatic heterocycles. The topological polar surface area (TPSA) is 96.2 Å². The quantitative estimate of drug-likeness (QED) is 0.253. The van der Waals surface area contributed by atoms with Crippen molar-refractivity contribution in [1.82, 2.24) is 4.57 Å². The number of nitrogens with zero attached hydrogens (tertiary/aromatic N) is 2. The molecule has 1 aliphatic rings. The molecule has 0 N–H and O–H groups in total. The molecule has 0 spiro atoms. The molecule has 1 aromatic heterocycles. The number of hydrogen-bond acceptors (Lipinski definition) is 8. The van der Waals surface area contributed by atoms with Crippen molar-refractivity contribution < 1.29 is 23.8 Å². The molecule has 0 aliphatic carbocycles. The number of aromatic nitrogens is 1. The van der Waals surface area contributed by atoms with E-state index in [2.05, 4.69) is 4.99 Å². The van der Waals surface area contributed by atoms with Gasteiger partial charge < -0.3 is 14.2 Å². The van der Waals surface area contributed by atoms with Crippen LogP contribution in [0.3, 0.4) is 0 Å². The summed E-state index contributed by atoms with van der Waals surface area (Å²) in [4.78, 5) is 44.2. The minimum absolute atomic E-state index is 0.215. The molecule has 1 atom stereocenters. The molecule has 202 valence electrons. The van der Waals surface area contributed by atoms with Crippen molar-refractivity contribution in [3.63, 3.8) is 0 Å². The first-order chi connectivity index (χ1) is 19.4. The minimum Gasteiger partial charge on any atom is -0.497 e. The highest BCUT2D eigenvalue weighted by Crippen LogP contribution is 2.30. The highest BCUT2D eigenvalue weighted by molar-refractivity contribution is 7.07. The van der Waals surface area contributed by atoms with Crippen LogP contribution in [0.4, 0.5) is 0 Å². The minimum atomic E-state index is -0.654. The first-order valence-electron chi connectivity index (χ1n) is 12.6. The molecule has 0 bridgehead atoms. The number of carbonyl (C=O) groups is 2. The monoisotopic (exact) mass is 554 g/mol. The molecule has 40 heavy (non-hydrogen) atoms. The number of allylic oxidation sites excluding steroid dienone is 1. The summed E-state index contributed by atoms with van der Waals surface area (Å²) in [6.45, 7) is 3.71. The Kier molecular flexibility index (Phi) is 7.75. The normalized spacial score (nSPS) is 14.8. The Labute approximate surface area is 234 Å². The van der Waals surface area contributed by atoms with Crippen molar-refractivity contribution in [2.75, 3.05) is 13.7 Å². The van der Waals surface area contributed by atoms with Gasteiger partial charge in [-0.15, -0.1) is 0 Å². The third kappa shape index (κ3) is 5.37. The number of benzene rings is 3. The van der Waals surface area contributed by atoms with E-state index in [0.29, 0.717) is 37.7 Å². The van der Waals surface area contributed by atoms with Crippen LogP contribution in [-0.4, -0.2) is 30.2 Å². The van der Waals surface area contributed by atoms with Crippen LogP contribution in [0.2, 0.25) is 0 Å². The highest BCUT2D eigenvalue weighted by Gasteiger charge is 2.33. The highest BCUT2D eigenvalue weighted by atomic mass is 32.1. The number of methoxy groups -OCH3 is 1. The molecule has 0 saturated carbocycles. The van der Waals surface area contributed by atoms with Crippen molar-refractivity contribution in [3.05, 3.63) is 127 Å². The lowest BCUT2D eigenvalue weighted by atomic mass is 9.96. The Morgan fingerprint density at radius 3 is 2.27 bits per heavy atom. The molecular formula is C31H26N2O6S. The zero-order valence-corrected chi connectivity index (χ0v) is 22.9. The fourth-order valence-corrected chi connectivity index (χ4v) is 5.47. The molecule has 0 radical (unpaired) electrons. The second-order valence-electron chi connectivity index (χ2n) is 8.90. The summed E-state index contributed by atoms with van der Waals surface area (Å²) in [6, 6.07) is 22.2. The number of ether oxygens (including phenoxy) is 3. The van der Waals surface area contributed by atoms with Crippen molar-refractivity contribution in [2.45, 2.75) is 19.9 Å². The Hall–Kier alpha value is -4.76. The van der Waals surface area contributed by atoms with Crippen LogP contribution < -0.4 is 24.4 Å². The van der Waals surface area contributed by atoms with Crippen molar-refractivity contribution >= 4 is 29.4 Å². The van der Waals surface area contributed by atoms with Gasteiger partial charge >= 0.3 is 11.9 Å². The van der Waals surface area contributed by atoms with E-state index in [1.54, 1.807) is 80.1 Å². The summed E-state index contributed by atoms with van der Waals surface area (Å²) < 4.78 is 17.9. The van der Waals surface area contributed by atoms with Gasteiger partial charge in [-0.1, -0.05) is 53.8 Å². The van der Waals surface area contributed by atoms with E-state index in [4.69, 9.17) is 14.2 Å². The number of esters is 2. The molecular weight excluding hydrogens is 528 g/mol. The van der Waals surface area contributed by atoms with Gasteiger partial charge in [-0.2, -0.15) is 0 Å². The molecule has 0 saturated heterocycles. The van der Waals surface area contributed by atoms with E-state index in [9.17, 15) is 14.4 Å². The van der Waals surface area contributed by atoms with Crippen LogP contribution in [0.1, 0.15) is 41.4 Å². The van der Waals surface area contributed by atoms with E-state index in [1.807, 2.05) is 30.3 Å². The van der Waals surface area contributed by atoms with Gasteiger partial charge in [0.1, 0.15) is 11.5 Å². The van der Waals surface area contributed by atoms with Crippen LogP contribution in [0.5, 0.6) is 11.5 Å². The Morgan fingerprint density at radius 1 is 0.950 bits per heavy atom. The maximum absolute atomic E-state index is 13.7. The van der Waals surface area contributed by atoms with Gasteiger partial charge in [0.15, 0.2) is 4.80 Å². The number of hydrogen-bond donors (Lipinski definition) is 0. The number of fused-ring (bicyclic) bond motifs is 1. The van der Waals surface area contributed by atoms with Crippen LogP contribution in [-0.2, 0) is 9.53 Å². The molecule has 5 rings (SSSR count). The summed E-state index contributed by atoms with van der Waals surface area (Å²) >= 11 is 1.25. The predicted octanol–water partition coefficient (Wildman–Crippen LogP) is 4.03. The second kappa shape index (κ2) is 11.5. The van der Waals surface area contributed by atoms with E-state index >= 15 is 0 Å². The SMILES string of the molecule is CCOC(=O)C1=C(C)N=c2s/c(=C\c3ccc(OC(=O)c4ccc(OC)cc4)cc3)c(=O)n2[C@H]1c1ccccc1. The average molecular weight is 555 g/mol. The molecule has 0 amide bonds. The van der Waals surface area contributed by atoms with Crippen LogP contribution in [0.15, 0.2) is 99.9 Å². The van der Waals surface area contributed by atoms with Gasteiger partial charge in [0, 0.05) is 0 Å². The fourth-order valence-electron chi connectivity index (χ4n) is 4.42. The zero-order valence-electron chi connectivity index (χ0n) is 22.1. The molecule has 0 fully saturated rings. The van der Waals surface area contributed by atoms with Crippen LogP contribution in [0.25, 0.3) is 6.08 Å². The fraction of sp³-hybridized carbons (Fsp3) is 0.161. The summed E-state index contributed by atoms with van der Waals surface area (Å²) in [5.74, 6) is 0.0378. The zero-order chi connectivity index (χ0) is 28.2. The predicted molar refractivity (Wildman–Crippen MR) is 151 cm³/mol. The third-order valence-corrected chi connectivity index (χ3v) is 7.33. The second-order valence-corrected chi connectivity index (χ2v) is 9.91. The molecule has 3 aromatic carbocycles. The van der Waals surface area contributed by atoms with E-state index < -0.39 is 18.0 Å². The van der Waals surface area contributed by atoms with E-state index in [-0.39, 0.29) is 12.2 Å². The lowest BCUT2D eigenvalue weighted by Crippen LogP contribution is -2.39. The lowest BCUT2D eigenvalue weighted by molar-refractivity contribution is -0.139. The molecule has 8 nitrogen and oxygen atoms in total. The maximum atomic E-state index is 13.7. The Balaban J connectivity index is 1.46.